The van der Waals surface area contributed by atoms with E-state index >= 15 is 0 Å². The van der Waals surface area contributed by atoms with E-state index in [1.165, 1.54) is 0 Å². The molecule has 0 aromatic carbocycles. The zero-order chi connectivity index (χ0) is 44.8. The fourth-order valence-corrected chi connectivity index (χ4v) is 11.9. The molecule has 5 unspecified atom stereocenters. The van der Waals surface area contributed by atoms with Crippen LogP contribution in [0.25, 0.3) is 0 Å². The van der Waals surface area contributed by atoms with Gasteiger partial charge in [-0.1, -0.05) is 0 Å². The number of fused-ring (bicyclic) bond motifs is 6. The summed E-state index contributed by atoms with van der Waals surface area (Å²) < 4.78 is 64.4. The molecule has 24 heteroatoms. The molecule has 0 saturated carbocycles. The van der Waals surface area contributed by atoms with Crippen LogP contribution in [0.1, 0.15) is 58.8 Å². The standard InChI is InChI=1S/C39H62O23S/c1-10-13(41)5-20-34(53-10)26(46)25(45)19(54-20)4-12(40)3-14(42)32-15(43)6-22-36(60-32)28(48)27(47)35(58-22)21-7-16(44)33-39(59-21)30(50)38-24(57-33)9-18-17(56-38)8-23-37(55-18)29(49)31(11(2)52-23)61-63-62-51/h10-51H,3-9H2,1-2H3/t10-,11-,12+,13+,14+,15+,16+,17-,18+,19-,20?,21?,22-,23+,24-,25-,26?,27+,28+,29-,30+,31-,32-,33-,34?,35-,36+,37+,38-,39?/m0/s1. The molecule has 0 aromatic rings. The summed E-state index contributed by atoms with van der Waals surface area (Å²) in [5, 5.41) is 131. The second kappa shape index (κ2) is 19.1. The minimum absolute atomic E-state index is 0.129. The molecule has 9 aliphatic rings. The third kappa shape index (κ3) is 8.98. The zero-order valence-electron chi connectivity index (χ0n) is 34.5. The van der Waals surface area contributed by atoms with Gasteiger partial charge in [-0.3, -0.25) is 4.18 Å². The number of aliphatic hydroxyl groups is 11. The van der Waals surface area contributed by atoms with Crippen molar-refractivity contribution in [1.29, 1.82) is 0 Å². The van der Waals surface area contributed by atoms with E-state index in [1.54, 1.807) is 13.8 Å². The molecule has 0 aliphatic carbocycles. The predicted octanol–water partition coefficient (Wildman–Crippen LogP) is -4.93. The molecule has 63 heavy (non-hydrogen) atoms. The average molecular weight is 931 g/mol. The molecule has 362 valence electrons. The molecule has 0 aromatic heterocycles. The SMILES string of the molecule is C[C@@H]1O[C@@H]2C[C@@H]3O[C@H]4[C@H](C[C@H]3O[C@H]2[C@@H](O)[C@H]1OSOO)O[C@@H]1C(OC([C@@H]2O[C@H]3C[C@@H](O)[C@H]([C@H](O)C[C@@H](O)C[C@@H]5OC6C[C@@H](O)[C@H](C)OC6C(O)[C@H]5O)O[C@H]3[C@H](O)[C@H]2O)C[C@H]1O)[C@@H]4O. The Bertz CT molecular complexity index is 1540. The molecule has 9 heterocycles. The Labute approximate surface area is 366 Å². The van der Waals surface area contributed by atoms with Gasteiger partial charge in [-0.15, -0.1) is 4.33 Å². The molecule has 0 bridgehead atoms. The summed E-state index contributed by atoms with van der Waals surface area (Å²) in [5.41, 5.74) is 0. The number of hydrogen-bond donors (Lipinski definition) is 12. The second-order valence-electron chi connectivity index (χ2n) is 18.9. The number of rotatable bonds is 9. The summed E-state index contributed by atoms with van der Waals surface area (Å²) in [7, 11) is 0. The minimum atomic E-state index is -1.65. The smallest absolute Gasteiger partial charge is 0.194 e. The lowest BCUT2D eigenvalue weighted by Crippen LogP contribution is -2.72. The van der Waals surface area contributed by atoms with Crippen molar-refractivity contribution in [3.8, 4) is 0 Å². The Balaban J connectivity index is 0.792. The molecular formula is C39H62O23S. The van der Waals surface area contributed by atoms with E-state index in [1.807, 2.05) is 0 Å². The molecule has 0 radical (unpaired) electrons. The lowest BCUT2D eigenvalue weighted by molar-refractivity contribution is -0.359. The predicted molar refractivity (Wildman–Crippen MR) is 204 cm³/mol. The van der Waals surface area contributed by atoms with Crippen LogP contribution >= 0.6 is 12.3 Å². The molecular weight excluding hydrogens is 868 g/mol. The highest BCUT2D eigenvalue weighted by Crippen LogP contribution is 2.45. The van der Waals surface area contributed by atoms with Crippen LogP contribution in [0.4, 0.5) is 0 Å². The quantitative estimate of drug-likeness (QED) is 0.0586. The van der Waals surface area contributed by atoms with Gasteiger partial charge in [-0.2, -0.15) is 0 Å². The van der Waals surface area contributed by atoms with Gasteiger partial charge in [-0.25, -0.2) is 5.26 Å². The van der Waals surface area contributed by atoms with Gasteiger partial charge in [0, 0.05) is 44.9 Å². The van der Waals surface area contributed by atoms with Crippen molar-refractivity contribution >= 4 is 12.3 Å². The summed E-state index contributed by atoms with van der Waals surface area (Å²) in [6.07, 6.45) is -31.8. The molecule has 0 amide bonds. The normalized spacial score (nSPS) is 56.7. The average Bonchev–Trinajstić information content (AvgIpc) is 3.24. The first-order valence-corrected chi connectivity index (χ1v) is 22.7. The fourth-order valence-electron chi connectivity index (χ4n) is 11.5. The van der Waals surface area contributed by atoms with E-state index < -0.39 is 183 Å². The summed E-state index contributed by atoms with van der Waals surface area (Å²) in [5.74, 6) is 0. The molecule has 9 rings (SSSR count). The van der Waals surface area contributed by atoms with Gasteiger partial charge < -0.3 is 98.8 Å². The van der Waals surface area contributed by atoms with Gasteiger partial charge in [-0.05, 0) is 13.8 Å². The highest BCUT2D eigenvalue weighted by molar-refractivity contribution is 7.89. The van der Waals surface area contributed by atoms with E-state index in [9.17, 15) is 56.2 Å². The van der Waals surface area contributed by atoms with Crippen molar-refractivity contribution in [2.75, 3.05) is 0 Å². The first-order valence-electron chi connectivity index (χ1n) is 22.0. The zero-order valence-corrected chi connectivity index (χ0v) is 35.4. The maximum absolute atomic E-state index is 11.7. The molecule has 9 fully saturated rings. The van der Waals surface area contributed by atoms with E-state index in [2.05, 4.69) is 4.33 Å². The molecule has 9 saturated heterocycles. The summed E-state index contributed by atoms with van der Waals surface area (Å²) >= 11 is 0.299. The van der Waals surface area contributed by atoms with Crippen molar-refractivity contribution in [3.05, 3.63) is 0 Å². The molecule has 9 aliphatic heterocycles. The second-order valence-corrected chi connectivity index (χ2v) is 19.4. The van der Waals surface area contributed by atoms with Gasteiger partial charge >= 0.3 is 0 Å². The Hall–Kier alpha value is -0.570. The topological polar surface area (TPSA) is 344 Å². The van der Waals surface area contributed by atoms with Crippen molar-refractivity contribution in [3.63, 3.8) is 0 Å². The van der Waals surface area contributed by atoms with Crippen molar-refractivity contribution in [2.24, 2.45) is 0 Å². The molecule has 30 atom stereocenters. The Morgan fingerprint density at radius 2 is 0.968 bits per heavy atom. The first-order chi connectivity index (χ1) is 30.0. The number of ether oxygens (including phenoxy) is 9. The van der Waals surface area contributed by atoms with Crippen LogP contribution in [0.3, 0.4) is 0 Å². The third-order valence-corrected chi connectivity index (χ3v) is 15.1. The maximum Gasteiger partial charge on any atom is 0.194 e. The Kier molecular flexibility index (Phi) is 14.4. The van der Waals surface area contributed by atoms with Crippen LogP contribution < -0.4 is 0 Å². The molecule has 12 N–H and O–H groups in total. The monoisotopic (exact) mass is 930 g/mol. The van der Waals surface area contributed by atoms with Gasteiger partial charge in [0.2, 0.25) is 0 Å². The van der Waals surface area contributed by atoms with Gasteiger partial charge in [0.15, 0.2) is 12.3 Å². The van der Waals surface area contributed by atoms with Crippen LogP contribution in [0.15, 0.2) is 0 Å². The van der Waals surface area contributed by atoms with Crippen molar-refractivity contribution in [1.82, 2.24) is 0 Å². The van der Waals surface area contributed by atoms with Gasteiger partial charge in [0.1, 0.15) is 91.6 Å². The molecule has 23 nitrogen and oxygen atoms in total. The maximum atomic E-state index is 11.7. The van der Waals surface area contributed by atoms with Crippen LogP contribution in [-0.2, 0) is 51.1 Å². The summed E-state index contributed by atoms with van der Waals surface area (Å²) in [6.45, 7) is 3.34. The van der Waals surface area contributed by atoms with Crippen molar-refractivity contribution in [2.45, 2.75) is 242 Å². The van der Waals surface area contributed by atoms with E-state index in [0.717, 1.165) is 0 Å². The van der Waals surface area contributed by atoms with Crippen LogP contribution in [-0.4, -0.2) is 245 Å². The Morgan fingerprint density at radius 3 is 1.65 bits per heavy atom. The fraction of sp³-hybridized carbons (Fsp3) is 1.00. The largest absolute Gasteiger partial charge is 0.393 e. The van der Waals surface area contributed by atoms with Crippen LogP contribution in [0, 0.1) is 0 Å². The lowest BCUT2D eigenvalue weighted by Gasteiger charge is -2.57. The van der Waals surface area contributed by atoms with Crippen LogP contribution in [0.2, 0.25) is 0 Å². The Morgan fingerprint density at radius 1 is 0.476 bits per heavy atom. The summed E-state index contributed by atoms with van der Waals surface area (Å²) in [6, 6.07) is 0. The van der Waals surface area contributed by atoms with Gasteiger partial charge in [0.05, 0.1) is 91.6 Å². The van der Waals surface area contributed by atoms with E-state index in [4.69, 9.17) is 52.1 Å². The van der Waals surface area contributed by atoms with E-state index in [0.29, 0.717) is 18.7 Å². The number of hydrogen-bond acceptors (Lipinski definition) is 24. The molecule has 0 spiro atoms. The highest BCUT2D eigenvalue weighted by atomic mass is 32.2. The third-order valence-electron chi connectivity index (χ3n) is 14.8. The highest BCUT2D eigenvalue weighted by Gasteiger charge is 2.61. The van der Waals surface area contributed by atoms with Gasteiger partial charge in [0.25, 0.3) is 0 Å². The lowest BCUT2D eigenvalue weighted by atomic mass is 9.80. The summed E-state index contributed by atoms with van der Waals surface area (Å²) in [4.78, 5) is 0. The van der Waals surface area contributed by atoms with Crippen molar-refractivity contribution < 1.29 is 113 Å². The number of aliphatic hydroxyl groups excluding tert-OH is 11. The first kappa shape index (κ1) is 47.5. The van der Waals surface area contributed by atoms with E-state index in [-0.39, 0.29) is 38.5 Å². The minimum Gasteiger partial charge on any atom is -0.393 e. The van der Waals surface area contributed by atoms with Crippen LogP contribution in [0.5, 0.6) is 0 Å².